The fraction of sp³-hybridized carbons (Fsp3) is 0.444. The van der Waals surface area contributed by atoms with Crippen LogP contribution in [0.1, 0.15) is 13.3 Å². The molecule has 1 amide bonds. The van der Waals surface area contributed by atoms with E-state index in [2.05, 4.69) is 9.97 Å². The minimum atomic E-state index is -4.53. The standard InChI is InChI=1S/C9H10F3N3O2/c1-2-17-8-13-4-6(5-14-8)15-7(16)3-9(10,11)12/h4-5H,2-3H2,1H3,(H,15,16). The zero-order chi connectivity index (χ0) is 12.9. The molecule has 1 N–H and O–H groups in total. The van der Waals surface area contributed by atoms with E-state index in [1.165, 1.54) is 12.4 Å². The Kier molecular flexibility index (Phi) is 4.24. The second kappa shape index (κ2) is 5.46. The van der Waals surface area contributed by atoms with Gasteiger partial charge in [0.2, 0.25) is 5.91 Å². The Hall–Kier alpha value is -1.86. The lowest BCUT2D eigenvalue weighted by molar-refractivity contribution is -0.150. The van der Waals surface area contributed by atoms with Crippen molar-refractivity contribution < 1.29 is 22.7 Å². The Morgan fingerprint density at radius 3 is 2.47 bits per heavy atom. The summed E-state index contributed by atoms with van der Waals surface area (Å²) in [6.07, 6.45) is -3.73. The number of rotatable bonds is 4. The van der Waals surface area contributed by atoms with Crippen molar-refractivity contribution in [2.24, 2.45) is 0 Å². The molecule has 0 unspecified atom stereocenters. The summed E-state index contributed by atoms with van der Waals surface area (Å²) >= 11 is 0. The first-order valence-corrected chi connectivity index (χ1v) is 4.72. The van der Waals surface area contributed by atoms with Crippen LogP contribution in [0.15, 0.2) is 12.4 Å². The third-order valence-electron chi connectivity index (χ3n) is 1.55. The van der Waals surface area contributed by atoms with Crippen LogP contribution in [0.25, 0.3) is 0 Å². The molecule has 17 heavy (non-hydrogen) atoms. The number of aromatic nitrogens is 2. The molecule has 1 aromatic heterocycles. The van der Waals surface area contributed by atoms with E-state index < -0.39 is 18.5 Å². The van der Waals surface area contributed by atoms with Crippen molar-refractivity contribution in [1.29, 1.82) is 0 Å². The normalized spacial score (nSPS) is 11.1. The van der Waals surface area contributed by atoms with E-state index in [0.29, 0.717) is 6.61 Å². The predicted molar refractivity (Wildman–Crippen MR) is 52.5 cm³/mol. The van der Waals surface area contributed by atoms with Gasteiger partial charge < -0.3 is 10.1 Å². The minimum Gasteiger partial charge on any atom is -0.464 e. The van der Waals surface area contributed by atoms with Gasteiger partial charge in [-0.25, -0.2) is 9.97 Å². The number of nitrogens with one attached hydrogen (secondary N) is 1. The molecule has 5 nitrogen and oxygen atoms in total. The molecule has 1 rings (SSSR count). The molecular formula is C9H10F3N3O2. The molecule has 8 heteroatoms. The molecule has 0 aliphatic carbocycles. The lowest BCUT2D eigenvalue weighted by Gasteiger charge is -2.07. The highest BCUT2D eigenvalue weighted by Crippen LogP contribution is 2.20. The molecule has 0 bridgehead atoms. The van der Waals surface area contributed by atoms with Crippen LogP contribution in [-0.4, -0.2) is 28.7 Å². The van der Waals surface area contributed by atoms with Gasteiger partial charge in [-0.05, 0) is 6.92 Å². The molecule has 1 heterocycles. The number of anilines is 1. The highest BCUT2D eigenvalue weighted by Gasteiger charge is 2.31. The molecule has 0 saturated heterocycles. The Morgan fingerprint density at radius 2 is 2.00 bits per heavy atom. The topological polar surface area (TPSA) is 64.1 Å². The van der Waals surface area contributed by atoms with Gasteiger partial charge in [0.25, 0.3) is 0 Å². The number of hydrogen-bond acceptors (Lipinski definition) is 4. The van der Waals surface area contributed by atoms with Gasteiger partial charge in [-0.2, -0.15) is 13.2 Å². The number of ether oxygens (including phenoxy) is 1. The summed E-state index contributed by atoms with van der Waals surface area (Å²) in [5.41, 5.74) is 0.0858. The Bertz CT molecular complexity index is 378. The molecule has 0 saturated carbocycles. The summed E-state index contributed by atoms with van der Waals surface area (Å²) < 4.78 is 40.5. The van der Waals surface area contributed by atoms with Gasteiger partial charge in [0.15, 0.2) is 0 Å². The van der Waals surface area contributed by atoms with Crippen molar-refractivity contribution >= 4 is 11.6 Å². The van der Waals surface area contributed by atoms with Crippen LogP contribution < -0.4 is 10.1 Å². The van der Waals surface area contributed by atoms with Crippen LogP contribution in [0.5, 0.6) is 6.01 Å². The second-order valence-electron chi connectivity index (χ2n) is 3.03. The van der Waals surface area contributed by atoms with Gasteiger partial charge in [0.05, 0.1) is 24.7 Å². The first-order valence-electron chi connectivity index (χ1n) is 4.72. The van der Waals surface area contributed by atoms with Gasteiger partial charge in [-0.1, -0.05) is 0 Å². The van der Waals surface area contributed by atoms with E-state index in [9.17, 15) is 18.0 Å². The lowest BCUT2D eigenvalue weighted by Crippen LogP contribution is -2.21. The van der Waals surface area contributed by atoms with Crippen molar-refractivity contribution in [2.45, 2.75) is 19.5 Å². The van der Waals surface area contributed by atoms with Crippen molar-refractivity contribution in [3.63, 3.8) is 0 Å². The number of hydrogen-bond donors (Lipinski definition) is 1. The van der Waals surface area contributed by atoms with Crippen LogP contribution in [-0.2, 0) is 4.79 Å². The van der Waals surface area contributed by atoms with Gasteiger partial charge in [-0.3, -0.25) is 4.79 Å². The average Bonchev–Trinajstić information content (AvgIpc) is 2.18. The van der Waals surface area contributed by atoms with Crippen LogP contribution in [0.4, 0.5) is 18.9 Å². The van der Waals surface area contributed by atoms with Crippen LogP contribution in [0.2, 0.25) is 0 Å². The van der Waals surface area contributed by atoms with Crippen LogP contribution in [0, 0.1) is 0 Å². The van der Waals surface area contributed by atoms with Gasteiger partial charge in [0, 0.05) is 0 Å². The maximum Gasteiger partial charge on any atom is 0.397 e. The zero-order valence-corrected chi connectivity index (χ0v) is 8.91. The predicted octanol–water partition coefficient (Wildman–Crippen LogP) is 1.77. The quantitative estimate of drug-likeness (QED) is 0.883. The van der Waals surface area contributed by atoms with Crippen molar-refractivity contribution in [3.05, 3.63) is 12.4 Å². The number of halogens is 3. The first-order chi connectivity index (χ1) is 7.90. The summed E-state index contributed by atoms with van der Waals surface area (Å²) in [6, 6.07) is 0.0984. The Morgan fingerprint density at radius 1 is 1.41 bits per heavy atom. The van der Waals surface area contributed by atoms with Gasteiger partial charge in [0.1, 0.15) is 6.42 Å². The largest absolute Gasteiger partial charge is 0.464 e. The Labute approximate surface area is 95.0 Å². The Balaban J connectivity index is 2.54. The molecule has 0 atom stereocenters. The molecule has 0 spiro atoms. The maximum atomic E-state index is 11.9. The average molecular weight is 249 g/mol. The van der Waals surface area contributed by atoms with Gasteiger partial charge in [-0.15, -0.1) is 0 Å². The smallest absolute Gasteiger partial charge is 0.397 e. The molecule has 0 aliphatic rings. The van der Waals surface area contributed by atoms with E-state index in [1.54, 1.807) is 6.92 Å². The number of carbonyl (C=O) groups excluding carboxylic acids is 1. The SMILES string of the molecule is CCOc1ncc(NC(=O)CC(F)(F)F)cn1. The first kappa shape index (κ1) is 13.2. The van der Waals surface area contributed by atoms with E-state index in [1.807, 2.05) is 5.32 Å². The van der Waals surface area contributed by atoms with Crippen molar-refractivity contribution in [3.8, 4) is 6.01 Å². The highest BCUT2D eigenvalue weighted by atomic mass is 19.4. The van der Waals surface area contributed by atoms with E-state index in [0.717, 1.165) is 0 Å². The summed E-state index contributed by atoms with van der Waals surface area (Å²) in [7, 11) is 0. The lowest BCUT2D eigenvalue weighted by atomic mass is 10.4. The van der Waals surface area contributed by atoms with Gasteiger partial charge >= 0.3 is 12.2 Å². The minimum absolute atomic E-state index is 0.0858. The zero-order valence-electron chi connectivity index (χ0n) is 8.91. The third-order valence-corrected chi connectivity index (χ3v) is 1.55. The van der Waals surface area contributed by atoms with Crippen molar-refractivity contribution in [2.75, 3.05) is 11.9 Å². The highest BCUT2D eigenvalue weighted by molar-refractivity contribution is 5.90. The number of amides is 1. The fourth-order valence-electron chi connectivity index (χ4n) is 0.972. The fourth-order valence-corrected chi connectivity index (χ4v) is 0.972. The molecule has 0 aromatic carbocycles. The molecule has 0 aliphatic heterocycles. The molecule has 94 valence electrons. The molecule has 0 radical (unpaired) electrons. The van der Waals surface area contributed by atoms with E-state index in [-0.39, 0.29) is 11.7 Å². The summed E-state index contributed by atoms with van der Waals surface area (Å²) in [5.74, 6) is -1.16. The number of nitrogens with zero attached hydrogens (tertiary/aromatic N) is 2. The van der Waals surface area contributed by atoms with Crippen LogP contribution >= 0.6 is 0 Å². The number of alkyl halides is 3. The maximum absolute atomic E-state index is 11.9. The monoisotopic (exact) mass is 249 g/mol. The second-order valence-corrected chi connectivity index (χ2v) is 3.03. The molecule has 1 aromatic rings. The summed E-state index contributed by atoms with van der Waals surface area (Å²) in [4.78, 5) is 18.3. The van der Waals surface area contributed by atoms with E-state index >= 15 is 0 Å². The molecule has 0 fully saturated rings. The third kappa shape index (κ3) is 5.14. The van der Waals surface area contributed by atoms with Crippen molar-refractivity contribution in [1.82, 2.24) is 9.97 Å². The van der Waals surface area contributed by atoms with E-state index in [4.69, 9.17) is 4.74 Å². The molecular weight excluding hydrogens is 239 g/mol. The summed E-state index contributed by atoms with van der Waals surface area (Å²) in [6.45, 7) is 2.11. The number of carbonyl (C=O) groups is 1. The summed E-state index contributed by atoms with van der Waals surface area (Å²) in [5, 5.41) is 2.03. The van der Waals surface area contributed by atoms with Crippen LogP contribution in [0.3, 0.4) is 0 Å².